The maximum atomic E-state index is 11.6. The Bertz CT molecular complexity index is 364. The van der Waals surface area contributed by atoms with Gasteiger partial charge < -0.3 is 14.7 Å². The van der Waals surface area contributed by atoms with Crippen molar-refractivity contribution in [1.29, 1.82) is 0 Å². The van der Waals surface area contributed by atoms with Crippen molar-refractivity contribution in [3.8, 4) is 0 Å². The molecule has 1 heterocycles. The zero-order valence-electron chi connectivity index (χ0n) is 9.59. The van der Waals surface area contributed by atoms with Crippen LogP contribution in [0.15, 0.2) is 17.5 Å². The second-order valence-electron chi connectivity index (χ2n) is 3.34. The number of carboxylic acids is 1. The SMILES string of the molecule is CCOC(=O)N(CCC(=O)O)Cc1cccs1. The molecular weight excluding hydrogens is 242 g/mol. The van der Waals surface area contributed by atoms with Crippen molar-refractivity contribution in [1.82, 2.24) is 4.90 Å². The van der Waals surface area contributed by atoms with Crippen molar-refractivity contribution in [3.05, 3.63) is 22.4 Å². The Kier molecular flexibility index (Phi) is 5.48. The third-order valence-corrected chi connectivity index (χ3v) is 2.91. The van der Waals surface area contributed by atoms with Crippen molar-refractivity contribution in [2.24, 2.45) is 0 Å². The fourth-order valence-electron chi connectivity index (χ4n) is 1.27. The lowest BCUT2D eigenvalue weighted by Crippen LogP contribution is -2.32. The third kappa shape index (κ3) is 4.86. The predicted octanol–water partition coefficient (Wildman–Crippen LogP) is 2.18. The highest BCUT2D eigenvalue weighted by Gasteiger charge is 2.16. The Balaban J connectivity index is 2.58. The van der Waals surface area contributed by atoms with E-state index >= 15 is 0 Å². The number of aliphatic carboxylic acids is 1. The highest BCUT2D eigenvalue weighted by molar-refractivity contribution is 7.09. The number of carbonyl (C=O) groups is 2. The van der Waals surface area contributed by atoms with E-state index in [1.807, 2.05) is 17.5 Å². The Morgan fingerprint density at radius 3 is 2.82 bits per heavy atom. The van der Waals surface area contributed by atoms with Gasteiger partial charge in [0, 0.05) is 11.4 Å². The van der Waals surface area contributed by atoms with Gasteiger partial charge in [-0.2, -0.15) is 0 Å². The van der Waals surface area contributed by atoms with E-state index in [1.54, 1.807) is 6.92 Å². The van der Waals surface area contributed by atoms with Gasteiger partial charge in [0.15, 0.2) is 0 Å². The zero-order chi connectivity index (χ0) is 12.7. The minimum absolute atomic E-state index is 0.0792. The standard InChI is InChI=1S/C11H15NO4S/c1-2-16-11(15)12(6-5-10(13)14)8-9-4-3-7-17-9/h3-4,7H,2,5-6,8H2,1H3,(H,13,14). The molecule has 94 valence electrons. The van der Waals surface area contributed by atoms with Crippen molar-refractivity contribution >= 4 is 23.4 Å². The molecule has 0 aliphatic heterocycles. The van der Waals surface area contributed by atoms with E-state index in [0.29, 0.717) is 6.54 Å². The normalized spacial score (nSPS) is 9.94. The average Bonchev–Trinajstić information content (AvgIpc) is 2.76. The van der Waals surface area contributed by atoms with Gasteiger partial charge in [-0.15, -0.1) is 11.3 Å². The number of ether oxygens (including phenoxy) is 1. The number of carboxylic acid groups (broad SMARTS) is 1. The predicted molar refractivity (Wildman–Crippen MR) is 64.0 cm³/mol. The molecule has 1 rings (SSSR count). The summed E-state index contributed by atoms with van der Waals surface area (Å²) in [6, 6.07) is 3.79. The first-order valence-electron chi connectivity index (χ1n) is 5.29. The Labute approximate surface area is 104 Å². The lowest BCUT2D eigenvalue weighted by Gasteiger charge is -2.20. The molecule has 17 heavy (non-hydrogen) atoms. The van der Waals surface area contributed by atoms with Gasteiger partial charge in [-0.3, -0.25) is 4.79 Å². The van der Waals surface area contributed by atoms with Gasteiger partial charge >= 0.3 is 12.1 Å². The van der Waals surface area contributed by atoms with Crippen LogP contribution in [0.3, 0.4) is 0 Å². The monoisotopic (exact) mass is 257 g/mol. The average molecular weight is 257 g/mol. The van der Waals surface area contributed by atoms with Gasteiger partial charge in [0.2, 0.25) is 0 Å². The molecular formula is C11H15NO4S. The van der Waals surface area contributed by atoms with Crippen LogP contribution in [0.4, 0.5) is 4.79 Å². The van der Waals surface area contributed by atoms with E-state index < -0.39 is 12.1 Å². The first-order valence-corrected chi connectivity index (χ1v) is 6.17. The molecule has 0 radical (unpaired) electrons. The summed E-state index contributed by atoms with van der Waals surface area (Å²) in [5.74, 6) is -0.925. The van der Waals surface area contributed by atoms with Crippen LogP contribution in [0, 0.1) is 0 Å². The van der Waals surface area contributed by atoms with Crippen LogP contribution in [0.2, 0.25) is 0 Å². The molecule has 6 heteroatoms. The molecule has 0 bridgehead atoms. The molecule has 1 aromatic rings. The van der Waals surface area contributed by atoms with Crippen LogP contribution >= 0.6 is 11.3 Å². The Morgan fingerprint density at radius 1 is 1.53 bits per heavy atom. The molecule has 0 fully saturated rings. The molecule has 1 aromatic heterocycles. The number of hydrogen-bond donors (Lipinski definition) is 1. The summed E-state index contributed by atoms with van der Waals surface area (Å²) in [7, 11) is 0. The van der Waals surface area contributed by atoms with E-state index in [-0.39, 0.29) is 19.6 Å². The molecule has 0 aliphatic carbocycles. The van der Waals surface area contributed by atoms with Gasteiger partial charge in [-0.1, -0.05) is 6.07 Å². The third-order valence-electron chi connectivity index (χ3n) is 2.05. The Morgan fingerprint density at radius 2 is 2.29 bits per heavy atom. The number of carbonyl (C=O) groups excluding carboxylic acids is 1. The number of hydrogen-bond acceptors (Lipinski definition) is 4. The molecule has 0 unspecified atom stereocenters. The van der Waals surface area contributed by atoms with Crippen LogP contribution in [0.1, 0.15) is 18.2 Å². The van der Waals surface area contributed by atoms with Crippen LogP contribution in [0.5, 0.6) is 0 Å². The zero-order valence-corrected chi connectivity index (χ0v) is 10.4. The first kappa shape index (κ1) is 13.5. The molecule has 1 N–H and O–H groups in total. The summed E-state index contributed by atoms with van der Waals surface area (Å²) in [5.41, 5.74) is 0. The second-order valence-corrected chi connectivity index (χ2v) is 4.38. The summed E-state index contributed by atoms with van der Waals surface area (Å²) in [6.45, 7) is 2.56. The van der Waals surface area contributed by atoms with Gasteiger partial charge in [0.25, 0.3) is 0 Å². The number of amides is 1. The van der Waals surface area contributed by atoms with Gasteiger partial charge in [0.1, 0.15) is 0 Å². The minimum atomic E-state index is -0.925. The summed E-state index contributed by atoms with van der Waals surface area (Å²) < 4.78 is 4.88. The molecule has 0 aliphatic rings. The molecule has 0 atom stereocenters. The highest BCUT2D eigenvalue weighted by Crippen LogP contribution is 2.13. The van der Waals surface area contributed by atoms with Crippen molar-refractivity contribution < 1.29 is 19.4 Å². The van der Waals surface area contributed by atoms with E-state index in [9.17, 15) is 9.59 Å². The van der Waals surface area contributed by atoms with E-state index in [2.05, 4.69) is 0 Å². The summed E-state index contributed by atoms with van der Waals surface area (Å²) >= 11 is 1.52. The van der Waals surface area contributed by atoms with Crippen LogP contribution in [0.25, 0.3) is 0 Å². The molecule has 0 saturated heterocycles. The highest BCUT2D eigenvalue weighted by atomic mass is 32.1. The lowest BCUT2D eigenvalue weighted by atomic mass is 10.3. The number of thiophene rings is 1. The van der Waals surface area contributed by atoms with E-state index in [4.69, 9.17) is 9.84 Å². The minimum Gasteiger partial charge on any atom is -0.481 e. The van der Waals surface area contributed by atoms with Gasteiger partial charge in [-0.05, 0) is 18.4 Å². The molecule has 0 spiro atoms. The topological polar surface area (TPSA) is 66.8 Å². The summed E-state index contributed by atoms with van der Waals surface area (Å²) in [6.07, 6.45) is -0.549. The summed E-state index contributed by atoms with van der Waals surface area (Å²) in [5, 5.41) is 10.5. The van der Waals surface area contributed by atoms with Crippen molar-refractivity contribution in [2.75, 3.05) is 13.2 Å². The first-order chi connectivity index (χ1) is 8.13. The fraction of sp³-hybridized carbons (Fsp3) is 0.455. The van der Waals surface area contributed by atoms with Crippen LogP contribution in [-0.4, -0.2) is 35.2 Å². The van der Waals surface area contributed by atoms with E-state index in [0.717, 1.165) is 4.88 Å². The smallest absolute Gasteiger partial charge is 0.410 e. The van der Waals surface area contributed by atoms with Crippen molar-refractivity contribution in [2.45, 2.75) is 19.9 Å². The Hall–Kier alpha value is -1.56. The van der Waals surface area contributed by atoms with Crippen LogP contribution < -0.4 is 0 Å². The molecule has 5 nitrogen and oxygen atoms in total. The maximum Gasteiger partial charge on any atom is 0.410 e. The molecule has 0 saturated carbocycles. The second kappa shape index (κ2) is 6.90. The fourth-order valence-corrected chi connectivity index (χ4v) is 1.99. The van der Waals surface area contributed by atoms with Gasteiger partial charge in [0.05, 0.1) is 19.6 Å². The molecule has 0 aromatic carbocycles. The van der Waals surface area contributed by atoms with Crippen LogP contribution in [-0.2, 0) is 16.1 Å². The largest absolute Gasteiger partial charge is 0.481 e. The number of rotatable bonds is 6. The molecule has 1 amide bonds. The quantitative estimate of drug-likeness (QED) is 0.848. The number of nitrogens with zero attached hydrogens (tertiary/aromatic N) is 1. The van der Waals surface area contributed by atoms with E-state index in [1.165, 1.54) is 16.2 Å². The van der Waals surface area contributed by atoms with Crippen molar-refractivity contribution in [3.63, 3.8) is 0 Å². The summed E-state index contributed by atoms with van der Waals surface area (Å²) in [4.78, 5) is 24.5. The maximum absolute atomic E-state index is 11.6. The lowest BCUT2D eigenvalue weighted by molar-refractivity contribution is -0.137. The van der Waals surface area contributed by atoms with Gasteiger partial charge in [-0.25, -0.2) is 4.79 Å².